The van der Waals surface area contributed by atoms with Gasteiger partial charge in [-0.15, -0.1) is 0 Å². The van der Waals surface area contributed by atoms with Crippen LogP contribution in [0.1, 0.15) is 5.56 Å². The normalized spacial score (nSPS) is 11.1. The Bertz CT molecular complexity index is 1220. The lowest BCUT2D eigenvalue weighted by atomic mass is 10.1. The van der Waals surface area contributed by atoms with Crippen LogP contribution in [0.3, 0.4) is 0 Å². The van der Waals surface area contributed by atoms with Crippen molar-refractivity contribution < 1.29 is 0 Å². The predicted molar refractivity (Wildman–Crippen MR) is 105 cm³/mol. The van der Waals surface area contributed by atoms with Crippen LogP contribution < -0.4 is 5.32 Å². The molecule has 130 valence electrons. The maximum atomic E-state index is 4.61. The zero-order valence-corrected chi connectivity index (χ0v) is 14.4. The van der Waals surface area contributed by atoms with Crippen molar-refractivity contribution in [2.45, 2.75) is 6.54 Å². The van der Waals surface area contributed by atoms with Crippen molar-refractivity contribution in [3.05, 3.63) is 84.8 Å². The van der Waals surface area contributed by atoms with Gasteiger partial charge in [0.1, 0.15) is 12.1 Å². The number of nitrogens with one attached hydrogen (secondary N) is 1. The summed E-state index contributed by atoms with van der Waals surface area (Å²) in [7, 11) is 0. The third kappa shape index (κ3) is 2.87. The van der Waals surface area contributed by atoms with Gasteiger partial charge in [0.25, 0.3) is 5.78 Å². The van der Waals surface area contributed by atoms with Crippen LogP contribution in [0.25, 0.3) is 27.9 Å². The Kier molecular flexibility index (Phi) is 3.72. The molecule has 5 rings (SSSR count). The fraction of sp³-hybridized carbons (Fsp3) is 0.0476. The van der Waals surface area contributed by atoms with Gasteiger partial charge in [-0.2, -0.15) is 14.6 Å². The van der Waals surface area contributed by atoms with Crippen molar-refractivity contribution in [2.75, 3.05) is 5.32 Å². The highest BCUT2D eigenvalue weighted by molar-refractivity contribution is 5.81. The van der Waals surface area contributed by atoms with E-state index in [1.807, 2.05) is 54.7 Å². The Morgan fingerprint density at radius 1 is 0.889 bits per heavy atom. The number of aromatic nitrogens is 5. The molecule has 0 saturated heterocycles. The highest BCUT2D eigenvalue weighted by Gasteiger charge is 2.10. The van der Waals surface area contributed by atoms with E-state index in [1.54, 1.807) is 4.52 Å². The Balaban J connectivity index is 1.54. The number of nitrogens with zero attached hydrogens (tertiary/aromatic N) is 5. The van der Waals surface area contributed by atoms with Crippen molar-refractivity contribution in [1.82, 2.24) is 24.6 Å². The molecule has 0 aliphatic heterocycles. The van der Waals surface area contributed by atoms with Gasteiger partial charge >= 0.3 is 0 Å². The SMILES string of the molecule is c1ccc(-c2cc(NCc3cccc4cccnc34)n3ncnc3n2)cc1. The summed E-state index contributed by atoms with van der Waals surface area (Å²) in [6, 6.07) is 22.3. The molecule has 6 heteroatoms. The van der Waals surface area contributed by atoms with E-state index in [0.29, 0.717) is 12.3 Å². The van der Waals surface area contributed by atoms with Crippen molar-refractivity contribution in [3.63, 3.8) is 0 Å². The van der Waals surface area contributed by atoms with Crippen LogP contribution in [0.15, 0.2) is 79.3 Å². The molecular formula is C21H16N6. The van der Waals surface area contributed by atoms with Crippen molar-refractivity contribution >= 4 is 22.5 Å². The van der Waals surface area contributed by atoms with E-state index in [2.05, 4.69) is 43.6 Å². The van der Waals surface area contributed by atoms with Crippen LogP contribution in [-0.4, -0.2) is 24.6 Å². The Morgan fingerprint density at radius 2 is 1.78 bits per heavy atom. The topological polar surface area (TPSA) is 68.0 Å². The van der Waals surface area contributed by atoms with E-state index in [1.165, 1.54) is 6.33 Å². The summed E-state index contributed by atoms with van der Waals surface area (Å²) in [6.45, 7) is 0.627. The molecule has 0 unspecified atom stereocenters. The first-order valence-electron chi connectivity index (χ1n) is 8.71. The van der Waals surface area contributed by atoms with Gasteiger partial charge in [0, 0.05) is 29.8 Å². The Hall–Kier alpha value is -3.80. The molecule has 0 radical (unpaired) electrons. The lowest BCUT2D eigenvalue weighted by Gasteiger charge is -2.11. The van der Waals surface area contributed by atoms with Crippen LogP contribution in [0.2, 0.25) is 0 Å². The first-order chi connectivity index (χ1) is 13.4. The Labute approximate surface area is 155 Å². The zero-order chi connectivity index (χ0) is 18.1. The minimum atomic E-state index is 0.565. The quantitative estimate of drug-likeness (QED) is 0.530. The molecule has 2 aromatic carbocycles. The lowest BCUT2D eigenvalue weighted by molar-refractivity contribution is 0.927. The van der Waals surface area contributed by atoms with E-state index in [9.17, 15) is 0 Å². The fourth-order valence-electron chi connectivity index (χ4n) is 3.19. The summed E-state index contributed by atoms with van der Waals surface area (Å²) in [6.07, 6.45) is 3.34. The molecule has 1 N–H and O–H groups in total. The molecule has 5 aromatic rings. The zero-order valence-electron chi connectivity index (χ0n) is 14.4. The lowest BCUT2D eigenvalue weighted by Crippen LogP contribution is -2.07. The molecule has 0 spiro atoms. The van der Waals surface area contributed by atoms with Crippen molar-refractivity contribution in [1.29, 1.82) is 0 Å². The monoisotopic (exact) mass is 352 g/mol. The maximum absolute atomic E-state index is 4.61. The van der Waals surface area contributed by atoms with Crippen LogP contribution in [0.5, 0.6) is 0 Å². The van der Waals surface area contributed by atoms with Crippen LogP contribution >= 0.6 is 0 Å². The second-order valence-corrected chi connectivity index (χ2v) is 6.21. The van der Waals surface area contributed by atoms with Gasteiger partial charge in [0.15, 0.2) is 0 Å². The van der Waals surface area contributed by atoms with E-state index >= 15 is 0 Å². The second kappa shape index (κ2) is 6.49. The van der Waals surface area contributed by atoms with Gasteiger partial charge < -0.3 is 5.32 Å². The molecular weight excluding hydrogens is 336 g/mol. The van der Waals surface area contributed by atoms with Crippen molar-refractivity contribution in [2.24, 2.45) is 0 Å². The molecule has 0 fully saturated rings. The molecule has 27 heavy (non-hydrogen) atoms. The molecule has 0 bridgehead atoms. The molecule has 0 atom stereocenters. The van der Waals surface area contributed by atoms with Gasteiger partial charge in [-0.1, -0.05) is 54.6 Å². The highest BCUT2D eigenvalue weighted by Crippen LogP contribution is 2.22. The second-order valence-electron chi connectivity index (χ2n) is 6.21. The molecule has 3 aromatic heterocycles. The molecule has 0 saturated carbocycles. The minimum absolute atomic E-state index is 0.565. The molecule has 0 aliphatic rings. The van der Waals surface area contributed by atoms with E-state index in [-0.39, 0.29) is 0 Å². The first-order valence-corrected chi connectivity index (χ1v) is 8.71. The average molecular weight is 352 g/mol. The summed E-state index contributed by atoms with van der Waals surface area (Å²) in [4.78, 5) is 13.4. The first kappa shape index (κ1) is 15.5. The summed E-state index contributed by atoms with van der Waals surface area (Å²) < 4.78 is 1.71. The van der Waals surface area contributed by atoms with E-state index < -0.39 is 0 Å². The van der Waals surface area contributed by atoms with Gasteiger partial charge in [0.05, 0.1) is 11.2 Å². The molecule has 0 aliphatic carbocycles. The number of pyridine rings is 1. The van der Waals surface area contributed by atoms with Crippen LogP contribution in [0, 0.1) is 0 Å². The summed E-state index contributed by atoms with van der Waals surface area (Å²) in [5, 5.41) is 8.89. The number of benzene rings is 2. The highest BCUT2D eigenvalue weighted by atomic mass is 15.3. The van der Waals surface area contributed by atoms with Gasteiger partial charge in [0.2, 0.25) is 0 Å². The van der Waals surface area contributed by atoms with E-state index in [0.717, 1.165) is 33.5 Å². The average Bonchev–Trinajstić information content (AvgIpc) is 3.21. The van der Waals surface area contributed by atoms with Gasteiger partial charge in [-0.05, 0) is 11.6 Å². The standard InChI is InChI=1S/C21H16N6/c1-2-6-15(7-3-1)18-12-19(27-21(26-18)24-14-25-27)23-13-17-9-4-8-16-10-5-11-22-20(16)17/h1-12,14,23H,13H2. The Morgan fingerprint density at radius 3 is 2.70 bits per heavy atom. The number of hydrogen-bond donors (Lipinski definition) is 1. The number of hydrogen-bond acceptors (Lipinski definition) is 5. The van der Waals surface area contributed by atoms with E-state index in [4.69, 9.17) is 0 Å². The molecule has 0 amide bonds. The molecule has 6 nitrogen and oxygen atoms in total. The van der Waals surface area contributed by atoms with Gasteiger partial charge in [-0.3, -0.25) is 4.98 Å². The predicted octanol–water partition coefficient (Wildman–Crippen LogP) is 3.95. The minimum Gasteiger partial charge on any atom is -0.366 e. The number of anilines is 1. The third-order valence-electron chi connectivity index (χ3n) is 4.50. The number of para-hydroxylation sites is 1. The van der Waals surface area contributed by atoms with Crippen molar-refractivity contribution in [3.8, 4) is 11.3 Å². The largest absolute Gasteiger partial charge is 0.366 e. The van der Waals surface area contributed by atoms with Crippen LogP contribution in [-0.2, 0) is 6.54 Å². The fourth-order valence-corrected chi connectivity index (χ4v) is 3.19. The summed E-state index contributed by atoms with van der Waals surface area (Å²) >= 11 is 0. The third-order valence-corrected chi connectivity index (χ3v) is 4.50. The summed E-state index contributed by atoms with van der Waals surface area (Å²) in [5.41, 5.74) is 4.02. The summed E-state index contributed by atoms with van der Waals surface area (Å²) in [5.74, 6) is 1.40. The number of rotatable bonds is 4. The molecule has 3 heterocycles. The number of fused-ring (bicyclic) bond motifs is 2. The van der Waals surface area contributed by atoms with Gasteiger partial charge in [-0.25, -0.2) is 4.98 Å². The van der Waals surface area contributed by atoms with Crippen LogP contribution in [0.4, 0.5) is 5.82 Å². The smallest absolute Gasteiger partial charge is 0.254 e. The maximum Gasteiger partial charge on any atom is 0.254 e.